The first-order valence-electron chi connectivity index (χ1n) is 7.42. The highest BCUT2D eigenvalue weighted by Crippen LogP contribution is 2.31. The van der Waals surface area contributed by atoms with E-state index in [2.05, 4.69) is 0 Å². The van der Waals surface area contributed by atoms with Crippen LogP contribution in [0, 0.1) is 5.92 Å². The third kappa shape index (κ3) is 2.33. The topological polar surface area (TPSA) is 33.5 Å². The average molecular weight is 271 g/mol. The molecule has 1 saturated carbocycles. The molecule has 0 saturated heterocycles. The van der Waals surface area contributed by atoms with E-state index in [0.717, 1.165) is 29.6 Å². The van der Waals surface area contributed by atoms with Crippen molar-refractivity contribution in [2.24, 2.45) is 5.92 Å². The molecule has 3 nitrogen and oxygen atoms in total. The molecule has 3 rings (SSSR count). The van der Waals surface area contributed by atoms with Crippen molar-refractivity contribution in [1.29, 1.82) is 0 Å². The first-order valence-corrected chi connectivity index (χ1v) is 7.42. The van der Waals surface area contributed by atoms with E-state index < -0.39 is 0 Å². The third-order valence-corrected chi connectivity index (χ3v) is 4.49. The molecule has 1 aliphatic rings. The number of nitrogens with zero attached hydrogens (tertiary/aromatic N) is 1. The zero-order valence-corrected chi connectivity index (χ0v) is 12.1. The zero-order chi connectivity index (χ0) is 14.1. The van der Waals surface area contributed by atoms with Gasteiger partial charge in [0.05, 0.1) is 6.04 Å². The molecular formula is C17H21NO2. The number of amides is 1. The van der Waals surface area contributed by atoms with Gasteiger partial charge in [-0.15, -0.1) is 0 Å². The van der Waals surface area contributed by atoms with Crippen LogP contribution in [0.25, 0.3) is 11.0 Å². The monoisotopic (exact) mass is 271 g/mol. The minimum atomic E-state index is -0.0181. The third-order valence-electron chi connectivity index (χ3n) is 4.49. The SMILES string of the molecule is CC(c1cc2ccccc2o1)N(C)C(=O)C1CCCC1. The summed E-state index contributed by atoms with van der Waals surface area (Å²) in [5, 5.41) is 1.09. The van der Waals surface area contributed by atoms with Gasteiger partial charge in [0.2, 0.25) is 5.91 Å². The lowest BCUT2D eigenvalue weighted by molar-refractivity contribution is -0.136. The van der Waals surface area contributed by atoms with Crippen LogP contribution in [0.3, 0.4) is 0 Å². The van der Waals surface area contributed by atoms with Gasteiger partial charge in [-0.3, -0.25) is 4.79 Å². The van der Waals surface area contributed by atoms with E-state index in [1.165, 1.54) is 12.8 Å². The summed E-state index contributed by atoms with van der Waals surface area (Å²) in [6, 6.07) is 9.99. The molecule has 20 heavy (non-hydrogen) atoms. The van der Waals surface area contributed by atoms with Crippen molar-refractivity contribution in [2.45, 2.75) is 38.6 Å². The molecule has 1 heterocycles. The summed E-state index contributed by atoms with van der Waals surface area (Å²) >= 11 is 0. The quantitative estimate of drug-likeness (QED) is 0.840. The Morgan fingerprint density at radius 3 is 2.70 bits per heavy atom. The molecule has 0 radical (unpaired) electrons. The Bertz CT molecular complexity index is 577. The number of hydrogen-bond acceptors (Lipinski definition) is 2. The van der Waals surface area contributed by atoms with E-state index in [9.17, 15) is 4.79 Å². The maximum atomic E-state index is 12.5. The Labute approximate surface area is 119 Å². The number of benzene rings is 1. The Hall–Kier alpha value is -1.77. The molecule has 3 heteroatoms. The van der Waals surface area contributed by atoms with Gasteiger partial charge in [-0.25, -0.2) is 0 Å². The van der Waals surface area contributed by atoms with Crippen LogP contribution in [0.4, 0.5) is 0 Å². The van der Waals surface area contributed by atoms with Crippen molar-refractivity contribution in [3.8, 4) is 0 Å². The zero-order valence-electron chi connectivity index (χ0n) is 12.1. The summed E-state index contributed by atoms with van der Waals surface area (Å²) in [6.07, 6.45) is 4.44. The van der Waals surface area contributed by atoms with Crippen molar-refractivity contribution in [2.75, 3.05) is 7.05 Å². The Kier molecular flexibility index (Phi) is 3.51. The maximum Gasteiger partial charge on any atom is 0.226 e. The molecule has 0 bridgehead atoms. The van der Waals surface area contributed by atoms with Crippen LogP contribution in [0.15, 0.2) is 34.7 Å². The highest BCUT2D eigenvalue weighted by molar-refractivity contribution is 5.80. The largest absolute Gasteiger partial charge is 0.459 e. The Morgan fingerprint density at radius 2 is 2.00 bits per heavy atom. The molecule has 2 aromatic rings. The first-order chi connectivity index (χ1) is 9.66. The highest BCUT2D eigenvalue weighted by atomic mass is 16.3. The van der Waals surface area contributed by atoms with Crippen LogP contribution in [-0.2, 0) is 4.79 Å². The van der Waals surface area contributed by atoms with E-state index >= 15 is 0 Å². The van der Waals surface area contributed by atoms with Gasteiger partial charge in [-0.1, -0.05) is 31.0 Å². The molecule has 1 atom stereocenters. The summed E-state index contributed by atoms with van der Waals surface area (Å²) < 4.78 is 5.87. The van der Waals surface area contributed by atoms with Gasteiger partial charge in [0.15, 0.2) is 0 Å². The van der Waals surface area contributed by atoms with Gasteiger partial charge in [0, 0.05) is 18.4 Å². The molecule has 106 valence electrons. The van der Waals surface area contributed by atoms with Crippen molar-refractivity contribution in [3.05, 3.63) is 36.1 Å². The number of fused-ring (bicyclic) bond motifs is 1. The Balaban J connectivity index is 1.80. The number of hydrogen-bond donors (Lipinski definition) is 0. The second-order valence-corrected chi connectivity index (χ2v) is 5.79. The van der Waals surface area contributed by atoms with Gasteiger partial charge in [0.1, 0.15) is 11.3 Å². The fourth-order valence-electron chi connectivity index (χ4n) is 3.05. The van der Waals surface area contributed by atoms with Crippen LogP contribution in [0.5, 0.6) is 0 Å². The van der Waals surface area contributed by atoms with Gasteiger partial charge < -0.3 is 9.32 Å². The molecule has 1 unspecified atom stereocenters. The van der Waals surface area contributed by atoms with Crippen LogP contribution in [0.2, 0.25) is 0 Å². The van der Waals surface area contributed by atoms with Crippen molar-refractivity contribution < 1.29 is 9.21 Å². The van der Waals surface area contributed by atoms with Crippen molar-refractivity contribution in [1.82, 2.24) is 4.90 Å². The predicted molar refractivity (Wildman–Crippen MR) is 79.4 cm³/mol. The van der Waals surface area contributed by atoms with E-state index in [0.29, 0.717) is 0 Å². The van der Waals surface area contributed by atoms with Gasteiger partial charge in [0.25, 0.3) is 0 Å². The molecule has 0 spiro atoms. The fourth-order valence-corrected chi connectivity index (χ4v) is 3.05. The molecular weight excluding hydrogens is 250 g/mol. The number of rotatable bonds is 3. The normalized spacial score (nSPS) is 17.5. The minimum Gasteiger partial charge on any atom is -0.459 e. The van der Waals surface area contributed by atoms with Crippen LogP contribution < -0.4 is 0 Å². The summed E-state index contributed by atoms with van der Waals surface area (Å²) in [5.41, 5.74) is 0.885. The fraction of sp³-hybridized carbons (Fsp3) is 0.471. The lowest BCUT2D eigenvalue weighted by atomic mass is 10.1. The molecule has 1 amide bonds. The Morgan fingerprint density at radius 1 is 1.30 bits per heavy atom. The van der Waals surface area contributed by atoms with Crippen molar-refractivity contribution >= 4 is 16.9 Å². The smallest absolute Gasteiger partial charge is 0.226 e. The van der Waals surface area contributed by atoms with Crippen molar-refractivity contribution in [3.63, 3.8) is 0 Å². The predicted octanol–water partition coefficient (Wildman–Crippen LogP) is 4.14. The second-order valence-electron chi connectivity index (χ2n) is 5.79. The van der Waals surface area contributed by atoms with Gasteiger partial charge in [-0.2, -0.15) is 0 Å². The number of para-hydroxylation sites is 1. The lowest BCUT2D eigenvalue weighted by Crippen LogP contribution is -2.33. The van der Waals surface area contributed by atoms with Crippen LogP contribution in [-0.4, -0.2) is 17.9 Å². The van der Waals surface area contributed by atoms with E-state index in [4.69, 9.17) is 4.42 Å². The number of carbonyl (C=O) groups is 1. The average Bonchev–Trinajstić information content (AvgIpc) is 3.13. The van der Waals surface area contributed by atoms with Crippen LogP contribution in [0.1, 0.15) is 44.4 Å². The van der Waals surface area contributed by atoms with Gasteiger partial charge in [-0.05, 0) is 31.9 Å². The summed E-state index contributed by atoms with van der Waals surface area (Å²) in [6.45, 7) is 2.03. The first kappa shape index (κ1) is 13.2. The molecule has 1 fully saturated rings. The summed E-state index contributed by atoms with van der Waals surface area (Å²) in [4.78, 5) is 14.3. The molecule has 0 N–H and O–H groups in total. The standard InChI is InChI=1S/C17H21NO2/c1-12(18(2)17(19)13-7-3-4-8-13)16-11-14-9-5-6-10-15(14)20-16/h5-6,9-13H,3-4,7-8H2,1-2H3. The van der Waals surface area contributed by atoms with E-state index in [1.54, 1.807) is 0 Å². The highest BCUT2D eigenvalue weighted by Gasteiger charge is 2.29. The lowest BCUT2D eigenvalue weighted by Gasteiger charge is -2.26. The molecule has 1 aromatic carbocycles. The number of furan rings is 1. The summed E-state index contributed by atoms with van der Waals surface area (Å²) in [5.74, 6) is 1.34. The maximum absolute atomic E-state index is 12.5. The summed E-state index contributed by atoms with van der Waals surface area (Å²) in [7, 11) is 1.89. The van der Waals surface area contributed by atoms with E-state index in [-0.39, 0.29) is 17.9 Å². The second kappa shape index (κ2) is 5.31. The molecule has 0 aliphatic heterocycles. The molecule has 1 aromatic heterocycles. The van der Waals surface area contributed by atoms with Crippen LogP contribution >= 0.6 is 0 Å². The molecule has 1 aliphatic carbocycles. The van der Waals surface area contributed by atoms with Gasteiger partial charge >= 0.3 is 0 Å². The minimum absolute atomic E-state index is 0.0181. The number of carbonyl (C=O) groups excluding carboxylic acids is 1. The van der Waals surface area contributed by atoms with E-state index in [1.807, 2.05) is 49.2 Å².